The smallest absolute Gasteiger partial charge is 0.320 e. The van der Waals surface area contributed by atoms with Crippen LogP contribution in [0.15, 0.2) is 30.7 Å². The summed E-state index contributed by atoms with van der Waals surface area (Å²) in [5.74, 6) is -1.02. The summed E-state index contributed by atoms with van der Waals surface area (Å²) in [6, 6.07) is 4.80. The molecule has 0 aliphatic heterocycles. The Morgan fingerprint density at radius 2 is 2.30 bits per heavy atom. The predicted octanol–water partition coefficient (Wildman–Crippen LogP) is 1.85. The molecule has 0 amide bonds. The highest BCUT2D eigenvalue weighted by molar-refractivity contribution is 6.31. The normalized spacial score (nSPS) is 12.3. The first-order valence-corrected chi connectivity index (χ1v) is 6.58. The lowest BCUT2D eigenvalue weighted by Gasteiger charge is -2.12. The highest BCUT2D eigenvalue weighted by Gasteiger charge is 2.15. The highest BCUT2D eigenvalue weighted by atomic mass is 35.5. The predicted molar refractivity (Wildman–Crippen MR) is 76.8 cm³/mol. The Kier molecular flexibility index (Phi) is 4.42. The van der Waals surface area contributed by atoms with Gasteiger partial charge in [-0.15, -0.1) is 0 Å². The van der Waals surface area contributed by atoms with E-state index in [4.69, 9.17) is 22.4 Å². The van der Waals surface area contributed by atoms with Crippen LogP contribution in [0.2, 0.25) is 5.02 Å². The zero-order valence-corrected chi connectivity index (χ0v) is 11.8. The Bertz CT molecular complexity index is 625. The monoisotopic (exact) mass is 293 g/mol. The second-order valence-corrected chi connectivity index (χ2v) is 5.09. The highest BCUT2D eigenvalue weighted by Crippen LogP contribution is 2.20. The summed E-state index contributed by atoms with van der Waals surface area (Å²) < 4.78 is 1.89. The van der Waals surface area contributed by atoms with Gasteiger partial charge < -0.3 is 15.4 Å². The van der Waals surface area contributed by atoms with Crippen LogP contribution in [-0.2, 0) is 17.8 Å². The molecule has 0 bridgehead atoms. The lowest BCUT2D eigenvalue weighted by molar-refractivity contribution is -0.138. The van der Waals surface area contributed by atoms with Crippen LogP contribution in [0.4, 0.5) is 0 Å². The first-order valence-electron chi connectivity index (χ1n) is 6.20. The quantitative estimate of drug-likeness (QED) is 0.881. The summed E-state index contributed by atoms with van der Waals surface area (Å²) in [6.07, 6.45) is 3.56. The number of aromatic nitrogens is 2. The molecule has 0 spiro atoms. The second kappa shape index (κ2) is 6.07. The molecule has 5 nitrogen and oxygen atoms in total. The van der Waals surface area contributed by atoms with Crippen molar-refractivity contribution in [3.05, 3.63) is 52.6 Å². The van der Waals surface area contributed by atoms with Crippen molar-refractivity contribution in [2.45, 2.75) is 25.9 Å². The summed E-state index contributed by atoms with van der Waals surface area (Å²) in [5, 5.41) is 9.58. The van der Waals surface area contributed by atoms with Crippen molar-refractivity contribution in [2.24, 2.45) is 5.73 Å². The van der Waals surface area contributed by atoms with Crippen LogP contribution in [0.25, 0.3) is 0 Å². The number of nitrogens with two attached hydrogens (primary N) is 1. The standard InChI is InChI=1S/C14H16ClN3O2/c1-9-10(3-2-4-12(9)15)7-18-8-17-6-11(18)5-13(16)14(19)20/h2-4,6,8,13H,5,7,16H2,1H3,(H,19,20)/t13-/m0/s1. The maximum atomic E-state index is 10.8. The number of carboxylic acids is 1. The summed E-state index contributed by atoms with van der Waals surface area (Å²) >= 11 is 6.10. The molecule has 2 rings (SSSR count). The third-order valence-corrected chi connectivity index (χ3v) is 3.67. The second-order valence-electron chi connectivity index (χ2n) is 4.69. The molecular formula is C14H16ClN3O2. The van der Waals surface area contributed by atoms with Gasteiger partial charge in [0, 0.05) is 29.9 Å². The van der Waals surface area contributed by atoms with E-state index >= 15 is 0 Å². The van der Waals surface area contributed by atoms with Gasteiger partial charge in [-0.2, -0.15) is 0 Å². The van der Waals surface area contributed by atoms with E-state index in [0.29, 0.717) is 11.6 Å². The molecule has 1 aromatic heterocycles. The Hall–Kier alpha value is -1.85. The van der Waals surface area contributed by atoms with Crippen molar-refractivity contribution in [3.8, 4) is 0 Å². The van der Waals surface area contributed by atoms with Crippen LogP contribution in [0.1, 0.15) is 16.8 Å². The van der Waals surface area contributed by atoms with Gasteiger partial charge in [0.25, 0.3) is 0 Å². The fourth-order valence-corrected chi connectivity index (χ4v) is 2.17. The third-order valence-electron chi connectivity index (χ3n) is 3.27. The molecule has 2 aromatic rings. The molecule has 0 aliphatic rings. The number of nitrogens with zero attached hydrogens (tertiary/aromatic N) is 2. The minimum absolute atomic E-state index is 0.245. The average molecular weight is 294 g/mol. The van der Waals surface area contributed by atoms with Crippen molar-refractivity contribution in [2.75, 3.05) is 0 Å². The minimum atomic E-state index is -1.02. The minimum Gasteiger partial charge on any atom is -0.480 e. The molecule has 1 atom stereocenters. The van der Waals surface area contributed by atoms with Crippen LogP contribution in [0, 0.1) is 6.92 Å². The maximum Gasteiger partial charge on any atom is 0.320 e. The van der Waals surface area contributed by atoms with Gasteiger partial charge in [0.2, 0.25) is 0 Å². The molecule has 3 N–H and O–H groups in total. The van der Waals surface area contributed by atoms with E-state index in [0.717, 1.165) is 16.8 Å². The maximum absolute atomic E-state index is 10.8. The van der Waals surface area contributed by atoms with Gasteiger partial charge in [-0.1, -0.05) is 23.7 Å². The topological polar surface area (TPSA) is 81.1 Å². The van der Waals surface area contributed by atoms with E-state index in [1.807, 2.05) is 29.7 Å². The number of aliphatic carboxylic acids is 1. The average Bonchev–Trinajstić information content (AvgIpc) is 2.82. The summed E-state index contributed by atoms with van der Waals surface area (Å²) in [5.41, 5.74) is 8.43. The van der Waals surface area contributed by atoms with E-state index < -0.39 is 12.0 Å². The fraction of sp³-hybridized carbons (Fsp3) is 0.286. The molecular weight excluding hydrogens is 278 g/mol. The number of benzene rings is 1. The number of carbonyl (C=O) groups is 1. The van der Waals surface area contributed by atoms with E-state index in [1.54, 1.807) is 12.5 Å². The van der Waals surface area contributed by atoms with Crippen LogP contribution in [0.3, 0.4) is 0 Å². The van der Waals surface area contributed by atoms with Gasteiger partial charge in [-0.3, -0.25) is 4.79 Å². The lowest BCUT2D eigenvalue weighted by atomic mass is 10.1. The Balaban J connectivity index is 2.20. The zero-order valence-electron chi connectivity index (χ0n) is 11.1. The van der Waals surface area contributed by atoms with Crippen molar-refractivity contribution in [3.63, 3.8) is 0 Å². The van der Waals surface area contributed by atoms with Crippen molar-refractivity contribution >= 4 is 17.6 Å². The molecule has 0 unspecified atom stereocenters. The van der Waals surface area contributed by atoms with Gasteiger partial charge in [0.05, 0.1) is 6.33 Å². The van der Waals surface area contributed by atoms with E-state index in [-0.39, 0.29) is 6.42 Å². The number of carboxylic acid groups (broad SMARTS) is 1. The number of rotatable bonds is 5. The molecule has 0 saturated heterocycles. The van der Waals surface area contributed by atoms with Gasteiger partial charge in [-0.05, 0) is 24.1 Å². The van der Waals surface area contributed by atoms with Crippen LogP contribution in [0.5, 0.6) is 0 Å². The number of hydrogen-bond donors (Lipinski definition) is 2. The van der Waals surface area contributed by atoms with Crippen LogP contribution < -0.4 is 5.73 Å². The van der Waals surface area contributed by atoms with Crippen molar-refractivity contribution in [1.29, 1.82) is 0 Å². The molecule has 0 fully saturated rings. The molecule has 1 aromatic carbocycles. The van der Waals surface area contributed by atoms with Gasteiger partial charge in [0.1, 0.15) is 6.04 Å². The van der Waals surface area contributed by atoms with Crippen molar-refractivity contribution < 1.29 is 9.90 Å². The van der Waals surface area contributed by atoms with Crippen molar-refractivity contribution in [1.82, 2.24) is 9.55 Å². The van der Waals surface area contributed by atoms with Gasteiger partial charge in [-0.25, -0.2) is 4.98 Å². The summed E-state index contributed by atoms with van der Waals surface area (Å²) in [4.78, 5) is 14.9. The van der Waals surface area contributed by atoms with E-state index in [9.17, 15) is 4.79 Å². The van der Waals surface area contributed by atoms with E-state index in [1.165, 1.54) is 0 Å². The summed E-state index contributed by atoms with van der Waals surface area (Å²) in [6.45, 7) is 2.55. The Morgan fingerprint density at radius 3 is 3.00 bits per heavy atom. The first kappa shape index (κ1) is 14.6. The Morgan fingerprint density at radius 1 is 1.55 bits per heavy atom. The number of hydrogen-bond acceptors (Lipinski definition) is 3. The molecule has 0 radical (unpaired) electrons. The number of halogens is 1. The third kappa shape index (κ3) is 3.18. The summed E-state index contributed by atoms with van der Waals surface area (Å²) in [7, 11) is 0. The lowest BCUT2D eigenvalue weighted by Crippen LogP contribution is -2.33. The van der Waals surface area contributed by atoms with Gasteiger partial charge >= 0.3 is 5.97 Å². The largest absolute Gasteiger partial charge is 0.480 e. The molecule has 0 aliphatic carbocycles. The Labute approximate surface area is 122 Å². The molecule has 6 heteroatoms. The SMILES string of the molecule is Cc1c(Cl)cccc1Cn1cncc1C[C@H](N)C(=O)O. The van der Waals surface area contributed by atoms with E-state index in [2.05, 4.69) is 4.98 Å². The zero-order chi connectivity index (χ0) is 14.7. The van der Waals surface area contributed by atoms with Crippen LogP contribution >= 0.6 is 11.6 Å². The van der Waals surface area contributed by atoms with Gasteiger partial charge in [0.15, 0.2) is 0 Å². The number of imidazole rings is 1. The fourth-order valence-electron chi connectivity index (χ4n) is 1.98. The molecule has 20 heavy (non-hydrogen) atoms. The molecule has 106 valence electrons. The first-order chi connectivity index (χ1) is 9.49. The van der Waals surface area contributed by atoms with Crippen LogP contribution in [-0.4, -0.2) is 26.7 Å². The molecule has 0 saturated carbocycles. The molecule has 1 heterocycles.